The zero-order chi connectivity index (χ0) is 19.9. The van der Waals surface area contributed by atoms with Crippen LogP contribution in [0, 0.1) is 0 Å². The minimum Gasteiger partial charge on any atom is -0.497 e. The van der Waals surface area contributed by atoms with Gasteiger partial charge < -0.3 is 14.8 Å². The Morgan fingerprint density at radius 1 is 1.11 bits per heavy atom. The van der Waals surface area contributed by atoms with Crippen LogP contribution in [0.2, 0.25) is 5.02 Å². The summed E-state index contributed by atoms with van der Waals surface area (Å²) in [7, 11) is 1.66. The molecule has 0 saturated heterocycles. The van der Waals surface area contributed by atoms with Crippen molar-refractivity contribution in [2.24, 2.45) is 0 Å². The summed E-state index contributed by atoms with van der Waals surface area (Å²) >= 11 is 6.44. The van der Waals surface area contributed by atoms with E-state index in [1.54, 1.807) is 7.11 Å². The number of ether oxygens (including phenoxy) is 2. The summed E-state index contributed by atoms with van der Waals surface area (Å²) in [6, 6.07) is 15.6. The Balaban J connectivity index is 1.85. The lowest BCUT2D eigenvalue weighted by molar-refractivity contribution is 0.0807. The number of nitrogens with zero attached hydrogens (tertiary/aromatic N) is 2. The Bertz CT molecular complexity index is 891. The van der Waals surface area contributed by atoms with Gasteiger partial charge in [0.25, 0.3) is 0 Å². The van der Waals surface area contributed by atoms with Crippen molar-refractivity contribution >= 4 is 11.6 Å². The normalized spacial score (nSPS) is 11.2. The molecule has 5 nitrogen and oxygen atoms in total. The average molecular weight is 400 g/mol. The first-order valence-electron chi connectivity index (χ1n) is 9.38. The summed E-state index contributed by atoms with van der Waals surface area (Å²) in [6.07, 6.45) is 2.27. The van der Waals surface area contributed by atoms with Crippen molar-refractivity contribution in [3.8, 4) is 22.7 Å². The third kappa shape index (κ3) is 5.13. The largest absolute Gasteiger partial charge is 0.497 e. The number of nitrogens with one attached hydrogen (secondary N) is 1. The molecule has 0 aliphatic carbocycles. The zero-order valence-electron chi connectivity index (χ0n) is 16.5. The van der Waals surface area contributed by atoms with Gasteiger partial charge in [-0.15, -0.1) is 0 Å². The minimum absolute atomic E-state index is 0.235. The lowest BCUT2D eigenvalue weighted by atomic mass is 10.1. The van der Waals surface area contributed by atoms with Crippen LogP contribution < -0.4 is 10.1 Å². The highest BCUT2D eigenvalue weighted by atomic mass is 35.5. The van der Waals surface area contributed by atoms with E-state index >= 15 is 0 Å². The van der Waals surface area contributed by atoms with E-state index in [1.165, 1.54) is 0 Å². The quantitative estimate of drug-likeness (QED) is 0.529. The molecule has 0 aliphatic rings. The first-order valence-corrected chi connectivity index (χ1v) is 9.76. The van der Waals surface area contributed by atoms with E-state index in [-0.39, 0.29) is 6.10 Å². The molecule has 0 atom stereocenters. The second-order valence-electron chi connectivity index (χ2n) is 6.72. The Morgan fingerprint density at radius 3 is 2.54 bits per heavy atom. The maximum atomic E-state index is 6.44. The topological polar surface area (TPSA) is 48.3 Å². The Kier molecular flexibility index (Phi) is 7.09. The van der Waals surface area contributed by atoms with E-state index in [9.17, 15) is 0 Å². The Morgan fingerprint density at radius 2 is 1.86 bits per heavy atom. The zero-order valence-corrected chi connectivity index (χ0v) is 17.2. The fourth-order valence-electron chi connectivity index (χ4n) is 2.88. The van der Waals surface area contributed by atoms with E-state index in [0.29, 0.717) is 18.2 Å². The van der Waals surface area contributed by atoms with Gasteiger partial charge in [-0.1, -0.05) is 29.8 Å². The predicted molar refractivity (Wildman–Crippen MR) is 113 cm³/mol. The standard InChI is InChI=1S/C22H26ClN3O2/c1-16(2)28-13-12-24-14-17-15-26(18-8-10-19(27-3)11-9-18)25-22(17)20-6-4-5-7-21(20)23/h4-11,15-16,24H,12-14H2,1-3H3. The summed E-state index contributed by atoms with van der Waals surface area (Å²) in [5, 5.41) is 8.93. The molecule has 0 saturated carbocycles. The minimum atomic E-state index is 0.235. The molecular weight excluding hydrogens is 374 g/mol. The van der Waals surface area contributed by atoms with Crippen molar-refractivity contribution in [3.05, 3.63) is 65.3 Å². The highest BCUT2D eigenvalue weighted by Crippen LogP contribution is 2.30. The Labute approximate surface area is 171 Å². The molecule has 28 heavy (non-hydrogen) atoms. The SMILES string of the molecule is COc1ccc(-n2cc(CNCCOC(C)C)c(-c3ccccc3Cl)n2)cc1. The molecule has 1 heterocycles. The first-order chi connectivity index (χ1) is 13.6. The molecule has 0 unspecified atom stereocenters. The van der Waals surface area contributed by atoms with Gasteiger partial charge in [-0.25, -0.2) is 4.68 Å². The highest BCUT2D eigenvalue weighted by Gasteiger charge is 2.14. The predicted octanol–water partition coefficient (Wildman–Crippen LogP) is 4.72. The molecule has 0 radical (unpaired) electrons. The maximum Gasteiger partial charge on any atom is 0.119 e. The molecular formula is C22H26ClN3O2. The van der Waals surface area contributed by atoms with E-state index < -0.39 is 0 Å². The van der Waals surface area contributed by atoms with Crippen molar-refractivity contribution in [1.82, 2.24) is 15.1 Å². The Hall–Kier alpha value is -2.34. The first kappa shape index (κ1) is 20.4. The average Bonchev–Trinajstić information content (AvgIpc) is 3.12. The lowest BCUT2D eigenvalue weighted by Crippen LogP contribution is -2.21. The smallest absolute Gasteiger partial charge is 0.119 e. The van der Waals surface area contributed by atoms with E-state index in [0.717, 1.165) is 34.8 Å². The molecule has 3 aromatic rings. The van der Waals surface area contributed by atoms with Gasteiger partial charge in [0.05, 0.1) is 36.2 Å². The van der Waals surface area contributed by atoms with Crippen LogP contribution in [0.15, 0.2) is 54.7 Å². The molecule has 0 spiro atoms. The summed E-state index contributed by atoms with van der Waals surface area (Å²) in [6.45, 7) is 6.19. The number of halogens is 1. The number of hydrogen-bond acceptors (Lipinski definition) is 4. The molecule has 0 amide bonds. The van der Waals surface area contributed by atoms with Crippen molar-refractivity contribution in [2.45, 2.75) is 26.5 Å². The van der Waals surface area contributed by atoms with Crippen molar-refractivity contribution in [2.75, 3.05) is 20.3 Å². The highest BCUT2D eigenvalue weighted by molar-refractivity contribution is 6.33. The summed E-state index contributed by atoms with van der Waals surface area (Å²) < 4.78 is 12.7. The van der Waals surface area contributed by atoms with Gasteiger partial charge in [0, 0.05) is 30.4 Å². The molecule has 2 aromatic carbocycles. The second kappa shape index (κ2) is 9.73. The molecule has 1 N–H and O–H groups in total. The van der Waals surface area contributed by atoms with Crippen molar-refractivity contribution < 1.29 is 9.47 Å². The van der Waals surface area contributed by atoms with Crippen LogP contribution in [-0.4, -0.2) is 36.1 Å². The third-order valence-electron chi connectivity index (χ3n) is 4.30. The van der Waals surface area contributed by atoms with Crippen LogP contribution >= 0.6 is 11.6 Å². The molecule has 0 bridgehead atoms. The van der Waals surface area contributed by atoms with Crippen LogP contribution in [0.4, 0.5) is 0 Å². The molecule has 3 rings (SSSR count). The fraction of sp³-hybridized carbons (Fsp3) is 0.318. The summed E-state index contributed by atoms with van der Waals surface area (Å²) in [4.78, 5) is 0. The van der Waals surface area contributed by atoms with Crippen LogP contribution in [0.25, 0.3) is 16.9 Å². The number of hydrogen-bond donors (Lipinski definition) is 1. The van der Waals surface area contributed by atoms with Gasteiger partial charge in [-0.05, 0) is 44.2 Å². The summed E-state index contributed by atoms with van der Waals surface area (Å²) in [5.41, 5.74) is 3.84. The van der Waals surface area contributed by atoms with Gasteiger partial charge in [0.2, 0.25) is 0 Å². The number of benzene rings is 2. The van der Waals surface area contributed by atoms with Gasteiger partial charge in [0.1, 0.15) is 5.75 Å². The van der Waals surface area contributed by atoms with Crippen LogP contribution in [0.1, 0.15) is 19.4 Å². The lowest BCUT2D eigenvalue weighted by Gasteiger charge is -2.09. The molecule has 0 aliphatic heterocycles. The van der Waals surface area contributed by atoms with E-state index in [4.69, 9.17) is 26.2 Å². The molecule has 1 aromatic heterocycles. The van der Waals surface area contributed by atoms with Gasteiger partial charge in [-0.3, -0.25) is 0 Å². The third-order valence-corrected chi connectivity index (χ3v) is 4.63. The van der Waals surface area contributed by atoms with Crippen LogP contribution in [0.5, 0.6) is 5.75 Å². The number of aromatic nitrogens is 2. The van der Waals surface area contributed by atoms with Gasteiger partial charge in [-0.2, -0.15) is 5.10 Å². The van der Waals surface area contributed by atoms with Crippen molar-refractivity contribution in [1.29, 1.82) is 0 Å². The monoisotopic (exact) mass is 399 g/mol. The van der Waals surface area contributed by atoms with Crippen LogP contribution in [0.3, 0.4) is 0 Å². The second-order valence-corrected chi connectivity index (χ2v) is 7.13. The maximum absolute atomic E-state index is 6.44. The van der Waals surface area contributed by atoms with E-state index in [2.05, 4.69) is 5.32 Å². The van der Waals surface area contributed by atoms with Crippen molar-refractivity contribution in [3.63, 3.8) is 0 Å². The van der Waals surface area contributed by atoms with Gasteiger partial charge >= 0.3 is 0 Å². The number of rotatable bonds is 9. The molecule has 0 fully saturated rings. The molecule has 148 valence electrons. The summed E-state index contributed by atoms with van der Waals surface area (Å²) in [5.74, 6) is 0.814. The van der Waals surface area contributed by atoms with E-state index in [1.807, 2.05) is 73.3 Å². The fourth-order valence-corrected chi connectivity index (χ4v) is 3.10. The van der Waals surface area contributed by atoms with Gasteiger partial charge in [0.15, 0.2) is 0 Å². The van der Waals surface area contributed by atoms with Crippen LogP contribution in [-0.2, 0) is 11.3 Å². The molecule has 6 heteroatoms. The number of methoxy groups -OCH3 is 1.